The largest absolute Gasteiger partial charge is 0.415 e. The summed E-state index contributed by atoms with van der Waals surface area (Å²) >= 11 is 0. The fraction of sp³-hybridized carbons (Fsp3) is 0.290. The Bertz CT molecular complexity index is 1580. The Kier molecular flexibility index (Phi) is 7.85. The number of anilines is 1. The zero-order chi connectivity index (χ0) is 29.1. The molecule has 0 aliphatic carbocycles. The summed E-state index contributed by atoms with van der Waals surface area (Å²) in [6.07, 6.45) is 5.32. The van der Waals surface area contributed by atoms with Crippen molar-refractivity contribution in [2.24, 2.45) is 7.05 Å². The highest BCUT2D eigenvalue weighted by molar-refractivity contribution is 5.99. The van der Waals surface area contributed by atoms with Gasteiger partial charge < -0.3 is 31.3 Å². The molecule has 1 atom stereocenters. The number of nitrogens with one attached hydrogen (secondary N) is 3. The van der Waals surface area contributed by atoms with Crippen molar-refractivity contribution < 1.29 is 14.3 Å². The quantitative estimate of drug-likeness (QED) is 0.255. The van der Waals surface area contributed by atoms with Gasteiger partial charge in [0.05, 0.1) is 11.8 Å². The number of aryl methyl sites for hydroxylation is 1. The molecule has 0 saturated carbocycles. The monoisotopic (exact) mass is 566 g/mol. The maximum Gasteiger partial charge on any atom is 0.415 e. The van der Waals surface area contributed by atoms with Gasteiger partial charge in [0.25, 0.3) is 5.91 Å². The second kappa shape index (κ2) is 12.0. The molecule has 0 radical (unpaired) electrons. The van der Waals surface area contributed by atoms with Gasteiger partial charge in [0.2, 0.25) is 0 Å². The predicted molar refractivity (Wildman–Crippen MR) is 160 cm³/mol. The van der Waals surface area contributed by atoms with E-state index in [1.807, 2.05) is 31.4 Å². The van der Waals surface area contributed by atoms with Crippen LogP contribution in [-0.4, -0.2) is 69.9 Å². The zero-order valence-electron chi connectivity index (χ0n) is 23.4. The Labute approximate surface area is 244 Å². The number of benzene rings is 2. The molecule has 4 aromatic rings. The highest BCUT2D eigenvalue weighted by Gasteiger charge is 2.29. The fourth-order valence-corrected chi connectivity index (χ4v) is 5.11. The summed E-state index contributed by atoms with van der Waals surface area (Å²) in [4.78, 5) is 31.8. The topological polar surface area (TPSA) is 139 Å². The van der Waals surface area contributed by atoms with E-state index in [4.69, 9.17) is 10.5 Å². The Morgan fingerprint density at radius 2 is 1.86 bits per heavy atom. The molecule has 1 unspecified atom stereocenters. The number of ether oxygens (including phenoxy) is 1. The smallest absolute Gasteiger partial charge is 0.410 e. The number of amides is 2. The molecule has 5 N–H and O–H groups in total. The molecule has 4 heterocycles. The molecule has 11 heteroatoms. The average Bonchev–Trinajstić information content (AvgIpc) is 3.62. The Balaban J connectivity index is 1.03. The minimum Gasteiger partial charge on any atom is -0.410 e. The Hall–Kier alpha value is -4.74. The molecule has 0 spiro atoms. The van der Waals surface area contributed by atoms with Crippen molar-refractivity contribution in [2.75, 3.05) is 31.9 Å². The lowest BCUT2D eigenvalue weighted by Crippen LogP contribution is -2.54. The van der Waals surface area contributed by atoms with E-state index in [1.165, 1.54) is 5.56 Å². The van der Waals surface area contributed by atoms with E-state index in [-0.39, 0.29) is 23.3 Å². The second-order valence-corrected chi connectivity index (χ2v) is 10.8. The summed E-state index contributed by atoms with van der Waals surface area (Å²) in [7, 11) is 1.82. The summed E-state index contributed by atoms with van der Waals surface area (Å²) in [5.41, 5.74) is 11.1. The van der Waals surface area contributed by atoms with Crippen molar-refractivity contribution in [3.05, 3.63) is 84.3 Å². The van der Waals surface area contributed by atoms with E-state index in [2.05, 4.69) is 50.3 Å². The number of hydrogen-bond donors (Lipinski definition) is 4. The summed E-state index contributed by atoms with van der Waals surface area (Å²) in [6, 6.07) is 17.9. The van der Waals surface area contributed by atoms with Crippen LogP contribution in [0, 0.1) is 0 Å². The van der Waals surface area contributed by atoms with Gasteiger partial charge >= 0.3 is 6.09 Å². The average molecular weight is 567 g/mol. The highest BCUT2D eigenvalue weighted by Crippen LogP contribution is 2.26. The third-order valence-electron chi connectivity index (χ3n) is 7.69. The number of aromatic nitrogens is 3. The fourth-order valence-electron chi connectivity index (χ4n) is 5.11. The molecule has 2 saturated heterocycles. The summed E-state index contributed by atoms with van der Waals surface area (Å²) < 4.78 is 7.39. The first-order valence-electron chi connectivity index (χ1n) is 14.1. The first-order valence-corrected chi connectivity index (χ1v) is 14.1. The maximum absolute atomic E-state index is 13.1. The molecular formula is C31H34N8O3. The molecule has 11 nitrogen and oxygen atoms in total. The third-order valence-corrected chi connectivity index (χ3v) is 7.69. The van der Waals surface area contributed by atoms with E-state index in [1.54, 1.807) is 34.1 Å². The van der Waals surface area contributed by atoms with Crippen LogP contribution in [0.15, 0.2) is 73.2 Å². The number of carbonyl (C=O) groups excluding carboxylic acids is 2. The molecule has 2 amide bonds. The molecule has 2 fully saturated rings. The van der Waals surface area contributed by atoms with E-state index < -0.39 is 6.09 Å². The van der Waals surface area contributed by atoms with Crippen molar-refractivity contribution in [2.45, 2.75) is 25.0 Å². The lowest BCUT2D eigenvalue weighted by Gasteiger charge is -2.28. The van der Waals surface area contributed by atoms with Crippen LogP contribution in [-0.2, 0) is 13.6 Å². The summed E-state index contributed by atoms with van der Waals surface area (Å²) in [5, 5.41) is 13.9. The van der Waals surface area contributed by atoms with Gasteiger partial charge in [-0.2, -0.15) is 5.10 Å². The van der Waals surface area contributed by atoms with Crippen molar-refractivity contribution in [3.63, 3.8) is 0 Å². The Morgan fingerprint density at radius 3 is 2.60 bits per heavy atom. The van der Waals surface area contributed by atoms with Gasteiger partial charge in [-0.15, -0.1) is 0 Å². The van der Waals surface area contributed by atoms with Crippen molar-refractivity contribution in [1.82, 2.24) is 35.6 Å². The van der Waals surface area contributed by atoms with E-state index >= 15 is 0 Å². The number of likely N-dealkylation sites (tertiary alicyclic amines) is 1. The van der Waals surface area contributed by atoms with Gasteiger partial charge in [0.1, 0.15) is 11.6 Å². The van der Waals surface area contributed by atoms with Crippen LogP contribution >= 0.6 is 0 Å². The van der Waals surface area contributed by atoms with Crippen molar-refractivity contribution >= 4 is 17.8 Å². The molecule has 2 aromatic heterocycles. The molecule has 6 rings (SSSR count). The molecule has 2 aliphatic rings. The number of nitrogen functional groups attached to an aromatic ring is 1. The summed E-state index contributed by atoms with van der Waals surface area (Å²) in [6.45, 7) is 3.69. The van der Waals surface area contributed by atoms with Crippen LogP contribution in [0.4, 0.5) is 10.6 Å². The molecule has 2 aliphatic heterocycles. The third kappa shape index (κ3) is 6.27. The van der Waals surface area contributed by atoms with Gasteiger partial charge in [-0.1, -0.05) is 36.4 Å². The Morgan fingerprint density at radius 1 is 1.02 bits per heavy atom. The van der Waals surface area contributed by atoms with Crippen LogP contribution in [0.2, 0.25) is 0 Å². The summed E-state index contributed by atoms with van der Waals surface area (Å²) in [5.74, 6) is 0.284. The standard InChI is InChI=1S/C31H34N8O3/c1-38-18-24(15-36-38)23-12-28(29(32)35-14-23)30(40)37-25-9-10-39(19-25)31(41)42-27-4-2-3-22(11-27)21-7-5-20(6-8-21)13-34-26-16-33-17-26/h2-8,11-12,14-15,18,25-26,33-34H,9-10,13,16-17,19H2,1H3,(H2,32,35)(H,37,40). The van der Waals surface area contributed by atoms with Gasteiger partial charge in [-0.05, 0) is 41.3 Å². The number of rotatable bonds is 8. The SMILES string of the molecule is Cn1cc(-c2cnc(N)c(C(=O)NC3CCN(C(=O)Oc4cccc(-c5ccc(CNC6CNC6)cc5)c4)C3)c2)cn1. The second-order valence-electron chi connectivity index (χ2n) is 10.8. The molecule has 216 valence electrons. The predicted octanol–water partition coefficient (Wildman–Crippen LogP) is 2.80. The van der Waals surface area contributed by atoms with Gasteiger partial charge in [-0.25, -0.2) is 9.78 Å². The van der Waals surface area contributed by atoms with Gasteiger partial charge in [-0.3, -0.25) is 9.48 Å². The number of carbonyl (C=O) groups is 2. The van der Waals surface area contributed by atoms with Crippen LogP contribution in [0.5, 0.6) is 5.75 Å². The van der Waals surface area contributed by atoms with Gasteiger partial charge in [0.15, 0.2) is 0 Å². The van der Waals surface area contributed by atoms with E-state index in [9.17, 15) is 9.59 Å². The van der Waals surface area contributed by atoms with E-state index in [0.29, 0.717) is 31.3 Å². The van der Waals surface area contributed by atoms with Crippen LogP contribution in [0.25, 0.3) is 22.3 Å². The normalized spacial score (nSPS) is 16.7. The van der Waals surface area contributed by atoms with Crippen molar-refractivity contribution in [3.8, 4) is 28.0 Å². The van der Waals surface area contributed by atoms with Crippen LogP contribution < -0.4 is 26.4 Å². The molecular weight excluding hydrogens is 532 g/mol. The number of hydrogen-bond acceptors (Lipinski definition) is 8. The van der Waals surface area contributed by atoms with Crippen LogP contribution in [0.3, 0.4) is 0 Å². The van der Waals surface area contributed by atoms with Gasteiger partial charge in [0, 0.05) is 75.4 Å². The van der Waals surface area contributed by atoms with Crippen LogP contribution in [0.1, 0.15) is 22.3 Å². The van der Waals surface area contributed by atoms with Crippen molar-refractivity contribution in [1.29, 1.82) is 0 Å². The first kappa shape index (κ1) is 27.4. The van der Waals surface area contributed by atoms with E-state index in [0.717, 1.165) is 41.9 Å². The lowest BCUT2D eigenvalue weighted by molar-refractivity contribution is 0.0937. The number of nitrogens with zero attached hydrogens (tertiary/aromatic N) is 4. The lowest BCUT2D eigenvalue weighted by atomic mass is 10.0. The molecule has 2 aromatic carbocycles. The number of nitrogens with two attached hydrogens (primary N) is 1. The zero-order valence-corrected chi connectivity index (χ0v) is 23.4. The highest BCUT2D eigenvalue weighted by atomic mass is 16.6. The number of pyridine rings is 1. The maximum atomic E-state index is 13.1. The molecule has 0 bridgehead atoms. The first-order chi connectivity index (χ1) is 20.4. The molecule has 42 heavy (non-hydrogen) atoms. The minimum absolute atomic E-state index is 0.145. The minimum atomic E-state index is -0.449.